The first kappa shape index (κ1) is 14.6. The molecule has 0 saturated heterocycles. The SMILES string of the molecule is Cc1cc(O)ccc1C(=O)N(C)Cc1cccc(C#N)c1. The lowest BCUT2D eigenvalue weighted by Gasteiger charge is -2.18. The summed E-state index contributed by atoms with van der Waals surface area (Å²) < 4.78 is 0. The minimum Gasteiger partial charge on any atom is -0.508 e. The summed E-state index contributed by atoms with van der Waals surface area (Å²) in [5.74, 6) is 0.0308. The summed E-state index contributed by atoms with van der Waals surface area (Å²) in [7, 11) is 1.72. The smallest absolute Gasteiger partial charge is 0.254 e. The lowest BCUT2D eigenvalue weighted by Crippen LogP contribution is -2.26. The average Bonchev–Trinajstić information content (AvgIpc) is 2.46. The zero-order chi connectivity index (χ0) is 15.4. The highest BCUT2D eigenvalue weighted by atomic mass is 16.3. The minimum atomic E-state index is -0.116. The van der Waals surface area contributed by atoms with E-state index in [4.69, 9.17) is 5.26 Å². The van der Waals surface area contributed by atoms with Gasteiger partial charge < -0.3 is 10.0 Å². The normalized spacial score (nSPS) is 9.95. The predicted octanol–water partition coefficient (Wildman–Crippen LogP) is 2.84. The fourth-order valence-corrected chi connectivity index (χ4v) is 2.18. The predicted molar refractivity (Wildman–Crippen MR) is 79.8 cm³/mol. The molecular formula is C17H16N2O2. The van der Waals surface area contributed by atoms with Crippen LogP contribution in [0.15, 0.2) is 42.5 Å². The molecule has 0 spiro atoms. The van der Waals surface area contributed by atoms with E-state index in [0.29, 0.717) is 17.7 Å². The van der Waals surface area contributed by atoms with E-state index in [2.05, 4.69) is 6.07 Å². The maximum atomic E-state index is 12.4. The Morgan fingerprint density at radius 1 is 1.29 bits per heavy atom. The standard InChI is InChI=1S/C17H16N2O2/c1-12-8-15(20)6-7-16(12)17(21)19(2)11-14-5-3-4-13(9-14)10-18/h3-9,20H,11H2,1-2H3. The molecule has 0 fully saturated rings. The molecule has 0 unspecified atom stereocenters. The van der Waals surface area contributed by atoms with Crippen LogP contribution in [0.1, 0.15) is 27.0 Å². The van der Waals surface area contributed by atoms with Crippen molar-refractivity contribution in [2.24, 2.45) is 0 Å². The van der Waals surface area contributed by atoms with Gasteiger partial charge in [-0.05, 0) is 48.4 Å². The van der Waals surface area contributed by atoms with Crippen LogP contribution in [0.2, 0.25) is 0 Å². The molecule has 0 aliphatic rings. The Balaban J connectivity index is 2.17. The first-order chi connectivity index (χ1) is 10.0. The number of benzene rings is 2. The molecule has 4 nitrogen and oxygen atoms in total. The van der Waals surface area contributed by atoms with Crippen LogP contribution in [0.3, 0.4) is 0 Å². The summed E-state index contributed by atoms with van der Waals surface area (Å²) in [4.78, 5) is 14.0. The van der Waals surface area contributed by atoms with E-state index in [-0.39, 0.29) is 11.7 Å². The van der Waals surface area contributed by atoms with Gasteiger partial charge in [0.1, 0.15) is 5.75 Å². The van der Waals surface area contributed by atoms with Crippen LogP contribution in [-0.2, 0) is 6.54 Å². The number of hydrogen-bond donors (Lipinski definition) is 1. The van der Waals surface area contributed by atoms with Crippen molar-refractivity contribution in [1.29, 1.82) is 5.26 Å². The summed E-state index contributed by atoms with van der Waals surface area (Å²) in [6.07, 6.45) is 0. The lowest BCUT2D eigenvalue weighted by molar-refractivity contribution is 0.0784. The van der Waals surface area contributed by atoms with Gasteiger partial charge in [0, 0.05) is 19.2 Å². The first-order valence-electron chi connectivity index (χ1n) is 6.55. The van der Waals surface area contributed by atoms with Gasteiger partial charge in [0.15, 0.2) is 0 Å². The molecule has 2 aromatic carbocycles. The van der Waals surface area contributed by atoms with E-state index in [1.807, 2.05) is 6.07 Å². The monoisotopic (exact) mass is 280 g/mol. The molecule has 0 aliphatic heterocycles. The Morgan fingerprint density at radius 2 is 2.05 bits per heavy atom. The molecular weight excluding hydrogens is 264 g/mol. The van der Waals surface area contributed by atoms with Gasteiger partial charge in [-0.1, -0.05) is 12.1 Å². The highest BCUT2D eigenvalue weighted by Crippen LogP contribution is 2.18. The van der Waals surface area contributed by atoms with Crippen molar-refractivity contribution in [3.05, 3.63) is 64.7 Å². The van der Waals surface area contributed by atoms with Crippen LogP contribution in [0.25, 0.3) is 0 Å². The number of phenolic OH excluding ortho intramolecular Hbond substituents is 1. The van der Waals surface area contributed by atoms with Crippen LogP contribution < -0.4 is 0 Å². The Hall–Kier alpha value is -2.80. The summed E-state index contributed by atoms with van der Waals surface area (Å²) in [6, 6.07) is 14.0. The summed E-state index contributed by atoms with van der Waals surface area (Å²) in [5, 5.41) is 18.3. The van der Waals surface area contributed by atoms with Gasteiger partial charge in [0.25, 0.3) is 5.91 Å². The summed E-state index contributed by atoms with van der Waals surface area (Å²) in [5.41, 5.74) is 2.78. The van der Waals surface area contributed by atoms with Gasteiger partial charge in [-0.2, -0.15) is 5.26 Å². The number of carbonyl (C=O) groups is 1. The third kappa shape index (κ3) is 3.40. The molecule has 106 valence electrons. The first-order valence-corrected chi connectivity index (χ1v) is 6.55. The third-order valence-electron chi connectivity index (χ3n) is 3.26. The number of amides is 1. The number of hydrogen-bond acceptors (Lipinski definition) is 3. The zero-order valence-corrected chi connectivity index (χ0v) is 12.0. The van der Waals surface area contributed by atoms with Crippen LogP contribution >= 0.6 is 0 Å². The van der Waals surface area contributed by atoms with Crippen molar-refractivity contribution in [3.63, 3.8) is 0 Å². The third-order valence-corrected chi connectivity index (χ3v) is 3.26. The Labute approximate surface area is 123 Å². The second-order valence-electron chi connectivity index (χ2n) is 4.97. The van der Waals surface area contributed by atoms with Gasteiger partial charge in [-0.3, -0.25) is 4.79 Å². The Morgan fingerprint density at radius 3 is 2.71 bits per heavy atom. The molecule has 1 N–H and O–H groups in total. The molecule has 2 aromatic rings. The molecule has 0 bridgehead atoms. The summed E-state index contributed by atoms with van der Waals surface area (Å²) in [6.45, 7) is 2.21. The quantitative estimate of drug-likeness (QED) is 0.940. The van der Waals surface area contributed by atoms with Crippen molar-refractivity contribution in [2.75, 3.05) is 7.05 Å². The molecule has 0 radical (unpaired) electrons. The van der Waals surface area contributed by atoms with Gasteiger partial charge >= 0.3 is 0 Å². The van der Waals surface area contributed by atoms with E-state index in [1.54, 1.807) is 49.2 Å². The van der Waals surface area contributed by atoms with Gasteiger partial charge in [0.2, 0.25) is 0 Å². The molecule has 0 atom stereocenters. The molecule has 0 aliphatic carbocycles. The number of aromatic hydroxyl groups is 1. The zero-order valence-electron chi connectivity index (χ0n) is 12.0. The van der Waals surface area contributed by atoms with Gasteiger partial charge in [0.05, 0.1) is 11.6 Å². The highest BCUT2D eigenvalue weighted by molar-refractivity contribution is 5.95. The maximum absolute atomic E-state index is 12.4. The topological polar surface area (TPSA) is 64.3 Å². The molecule has 1 amide bonds. The minimum absolute atomic E-state index is 0.116. The van der Waals surface area contributed by atoms with Crippen LogP contribution in [-0.4, -0.2) is 23.0 Å². The second-order valence-corrected chi connectivity index (χ2v) is 4.97. The lowest BCUT2D eigenvalue weighted by atomic mass is 10.1. The Bertz CT molecular complexity index is 717. The van der Waals surface area contributed by atoms with Crippen molar-refractivity contribution >= 4 is 5.91 Å². The highest BCUT2D eigenvalue weighted by Gasteiger charge is 2.14. The maximum Gasteiger partial charge on any atom is 0.254 e. The fourth-order valence-electron chi connectivity index (χ4n) is 2.18. The van der Waals surface area contributed by atoms with E-state index in [1.165, 1.54) is 6.07 Å². The number of phenols is 1. The number of nitrogens with zero attached hydrogens (tertiary/aromatic N) is 2. The number of rotatable bonds is 3. The molecule has 0 heterocycles. The molecule has 0 aromatic heterocycles. The van der Waals surface area contributed by atoms with E-state index < -0.39 is 0 Å². The number of carbonyl (C=O) groups excluding carboxylic acids is 1. The summed E-state index contributed by atoms with van der Waals surface area (Å²) >= 11 is 0. The van der Waals surface area contributed by atoms with Crippen LogP contribution in [0, 0.1) is 18.3 Å². The van der Waals surface area contributed by atoms with Gasteiger partial charge in [-0.25, -0.2) is 0 Å². The fraction of sp³-hybridized carbons (Fsp3) is 0.176. The Kier molecular flexibility index (Phi) is 4.24. The largest absolute Gasteiger partial charge is 0.508 e. The molecule has 2 rings (SSSR count). The van der Waals surface area contributed by atoms with Crippen molar-refractivity contribution in [3.8, 4) is 11.8 Å². The molecule has 21 heavy (non-hydrogen) atoms. The van der Waals surface area contributed by atoms with Crippen LogP contribution in [0.4, 0.5) is 0 Å². The number of nitriles is 1. The van der Waals surface area contributed by atoms with Crippen LogP contribution in [0.5, 0.6) is 5.75 Å². The average molecular weight is 280 g/mol. The van der Waals surface area contributed by atoms with Crippen molar-refractivity contribution < 1.29 is 9.90 Å². The molecule has 4 heteroatoms. The van der Waals surface area contributed by atoms with Crippen molar-refractivity contribution in [1.82, 2.24) is 4.90 Å². The molecule has 0 saturated carbocycles. The van der Waals surface area contributed by atoms with E-state index in [9.17, 15) is 9.90 Å². The van der Waals surface area contributed by atoms with Crippen molar-refractivity contribution in [2.45, 2.75) is 13.5 Å². The van der Waals surface area contributed by atoms with E-state index >= 15 is 0 Å². The van der Waals surface area contributed by atoms with E-state index in [0.717, 1.165) is 11.1 Å². The number of aryl methyl sites for hydroxylation is 1. The second kappa shape index (κ2) is 6.10. The van der Waals surface area contributed by atoms with Gasteiger partial charge in [-0.15, -0.1) is 0 Å².